The van der Waals surface area contributed by atoms with E-state index in [2.05, 4.69) is 5.32 Å². The van der Waals surface area contributed by atoms with Crippen LogP contribution in [0.25, 0.3) is 0 Å². The van der Waals surface area contributed by atoms with Gasteiger partial charge in [-0.2, -0.15) is 0 Å². The van der Waals surface area contributed by atoms with Crippen LogP contribution in [0, 0.1) is 11.6 Å². The van der Waals surface area contributed by atoms with E-state index in [4.69, 9.17) is 23.2 Å². The SMILES string of the molecule is Fc1ccc(Nc2cccc(Cl)c2Cl)cc1F. The summed E-state index contributed by atoms with van der Waals surface area (Å²) in [5, 5.41) is 3.58. The summed E-state index contributed by atoms with van der Waals surface area (Å²) in [5.41, 5.74) is 0.929. The molecule has 2 aromatic rings. The molecule has 0 heterocycles. The monoisotopic (exact) mass is 273 g/mol. The first-order valence-electron chi connectivity index (χ1n) is 4.74. The van der Waals surface area contributed by atoms with Crippen LogP contribution >= 0.6 is 23.2 Å². The molecule has 0 amide bonds. The van der Waals surface area contributed by atoms with Gasteiger partial charge >= 0.3 is 0 Å². The van der Waals surface area contributed by atoms with E-state index < -0.39 is 11.6 Å². The summed E-state index contributed by atoms with van der Waals surface area (Å²) in [6.45, 7) is 0. The lowest BCUT2D eigenvalue weighted by Crippen LogP contribution is -1.93. The summed E-state index contributed by atoms with van der Waals surface area (Å²) >= 11 is 11.8. The minimum atomic E-state index is -0.923. The van der Waals surface area contributed by atoms with Gasteiger partial charge in [0.1, 0.15) is 0 Å². The number of hydrogen-bond donors (Lipinski definition) is 1. The van der Waals surface area contributed by atoms with Crippen LogP contribution in [0.1, 0.15) is 0 Å². The van der Waals surface area contributed by atoms with Gasteiger partial charge in [-0.1, -0.05) is 29.3 Å². The molecule has 0 saturated heterocycles. The summed E-state index contributed by atoms with van der Waals surface area (Å²) in [5.74, 6) is -1.82. The third-order valence-electron chi connectivity index (χ3n) is 2.15. The highest BCUT2D eigenvalue weighted by Gasteiger charge is 2.06. The molecule has 2 rings (SSSR count). The van der Waals surface area contributed by atoms with Crippen molar-refractivity contribution in [3.8, 4) is 0 Å². The molecular formula is C12H7Cl2F2N. The molecule has 0 saturated carbocycles. The van der Waals surface area contributed by atoms with E-state index in [9.17, 15) is 8.78 Å². The molecule has 0 radical (unpaired) electrons. The van der Waals surface area contributed by atoms with Crippen molar-refractivity contribution in [2.75, 3.05) is 5.32 Å². The molecule has 0 fully saturated rings. The quantitative estimate of drug-likeness (QED) is 0.811. The minimum absolute atomic E-state index is 0.332. The highest BCUT2D eigenvalue weighted by Crippen LogP contribution is 2.31. The average Bonchev–Trinajstić information content (AvgIpc) is 2.30. The number of halogens is 4. The number of nitrogens with one attached hydrogen (secondary N) is 1. The van der Waals surface area contributed by atoms with Crippen LogP contribution in [0.2, 0.25) is 10.0 Å². The van der Waals surface area contributed by atoms with Crippen LogP contribution in [0.3, 0.4) is 0 Å². The van der Waals surface area contributed by atoms with E-state index in [-0.39, 0.29) is 0 Å². The first kappa shape index (κ1) is 12.1. The van der Waals surface area contributed by atoms with Gasteiger partial charge in [-0.15, -0.1) is 0 Å². The third-order valence-corrected chi connectivity index (χ3v) is 2.97. The number of benzene rings is 2. The molecule has 0 unspecified atom stereocenters. The zero-order chi connectivity index (χ0) is 12.4. The first-order valence-corrected chi connectivity index (χ1v) is 5.49. The summed E-state index contributed by atoms with van der Waals surface area (Å²) in [7, 11) is 0. The highest BCUT2D eigenvalue weighted by atomic mass is 35.5. The molecule has 0 aliphatic carbocycles. The Morgan fingerprint density at radius 1 is 0.941 bits per heavy atom. The molecule has 0 bridgehead atoms. The lowest BCUT2D eigenvalue weighted by atomic mass is 10.2. The van der Waals surface area contributed by atoms with Crippen LogP contribution in [-0.2, 0) is 0 Å². The van der Waals surface area contributed by atoms with E-state index in [1.54, 1.807) is 18.2 Å². The fraction of sp³-hybridized carbons (Fsp3) is 0. The predicted molar refractivity (Wildman–Crippen MR) is 66.1 cm³/mol. The fourth-order valence-corrected chi connectivity index (χ4v) is 1.68. The topological polar surface area (TPSA) is 12.0 Å². The Hall–Kier alpha value is -1.32. The molecule has 1 nitrogen and oxygen atoms in total. The summed E-state index contributed by atoms with van der Waals surface area (Å²) in [6.07, 6.45) is 0. The Morgan fingerprint density at radius 3 is 2.41 bits per heavy atom. The van der Waals surface area contributed by atoms with Gasteiger partial charge in [-0.3, -0.25) is 0 Å². The number of hydrogen-bond acceptors (Lipinski definition) is 1. The second kappa shape index (κ2) is 4.90. The van der Waals surface area contributed by atoms with E-state index in [1.807, 2.05) is 0 Å². The average molecular weight is 274 g/mol. The van der Waals surface area contributed by atoms with Gasteiger partial charge in [0.2, 0.25) is 0 Å². The van der Waals surface area contributed by atoms with E-state index in [0.29, 0.717) is 21.4 Å². The molecule has 88 valence electrons. The molecule has 0 aromatic heterocycles. The van der Waals surface area contributed by atoms with Gasteiger partial charge in [0, 0.05) is 11.8 Å². The predicted octanol–water partition coefficient (Wildman–Crippen LogP) is 5.02. The maximum atomic E-state index is 13.0. The van der Waals surface area contributed by atoms with Crippen LogP contribution in [-0.4, -0.2) is 0 Å². The lowest BCUT2D eigenvalue weighted by Gasteiger charge is -2.09. The van der Waals surface area contributed by atoms with Crippen molar-refractivity contribution >= 4 is 34.6 Å². The minimum Gasteiger partial charge on any atom is -0.354 e. The van der Waals surface area contributed by atoms with E-state index in [1.165, 1.54) is 6.07 Å². The Balaban J connectivity index is 2.31. The number of rotatable bonds is 2. The van der Waals surface area contributed by atoms with E-state index >= 15 is 0 Å². The zero-order valence-electron chi connectivity index (χ0n) is 8.48. The molecule has 1 N–H and O–H groups in total. The van der Waals surface area contributed by atoms with Crippen molar-refractivity contribution in [2.45, 2.75) is 0 Å². The molecule has 0 aliphatic rings. The molecule has 17 heavy (non-hydrogen) atoms. The van der Waals surface area contributed by atoms with E-state index in [0.717, 1.165) is 12.1 Å². The van der Waals surface area contributed by atoms with Crippen LogP contribution in [0.5, 0.6) is 0 Å². The first-order chi connectivity index (χ1) is 8.08. The second-order valence-electron chi connectivity index (χ2n) is 3.36. The van der Waals surface area contributed by atoms with Gasteiger partial charge < -0.3 is 5.32 Å². The van der Waals surface area contributed by atoms with Gasteiger partial charge in [0.05, 0.1) is 15.7 Å². The smallest absolute Gasteiger partial charge is 0.160 e. The Bertz CT molecular complexity index is 558. The summed E-state index contributed by atoms with van der Waals surface area (Å²) < 4.78 is 25.7. The van der Waals surface area contributed by atoms with Crippen molar-refractivity contribution in [3.63, 3.8) is 0 Å². The molecular weight excluding hydrogens is 267 g/mol. The van der Waals surface area contributed by atoms with Crippen LogP contribution in [0.15, 0.2) is 36.4 Å². The third kappa shape index (κ3) is 2.68. The molecule has 2 aromatic carbocycles. The van der Waals surface area contributed by atoms with Crippen LogP contribution in [0.4, 0.5) is 20.2 Å². The summed E-state index contributed by atoms with van der Waals surface area (Å²) in [6, 6.07) is 8.53. The Kier molecular flexibility index (Phi) is 3.50. The van der Waals surface area contributed by atoms with Crippen molar-refractivity contribution in [1.29, 1.82) is 0 Å². The largest absolute Gasteiger partial charge is 0.354 e. The molecule has 0 spiro atoms. The van der Waals surface area contributed by atoms with Crippen molar-refractivity contribution in [2.24, 2.45) is 0 Å². The fourth-order valence-electron chi connectivity index (χ4n) is 1.33. The second-order valence-corrected chi connectivity index (χ2v) is 4.14. The lowest BCUT2D eigenvalue weighted by molar-refractivity contribution is 0.509. The normalized spacial score (nSPS) is 10.4. The van der Waals surface area contributed by atoms with Crippen LogP contribution < -0.4 is 5.32 Å². The van der Waals surface area contributed by atoms with Gasteiger partial charge in [0.15, 0.2) is 11.6 Å². The zero-order valence-corrected chi connectivity index (χ0v) is 9.99. The standard InChI is InChI=1S/C12H7Cl2F2N/c13-8-2-1-3-11(12(8)14)17-7-4-5-9(15)10(16)6-7/h1-6,17H. The van der Waals surface area contributed by atoms with Crippen molar-refractivity contribution < 1.29 is 8.78 Å². The van der Waals surface area contributed by atoms with Crippen molar-refractivity contribution in [1.82, 2.24) is 0 Å². The molecule has 0 aliphatic heterocycles. The Labute approximate surface area is 107 Å². The summed E-state index contributed by atoms with van der Waals surface area (Å²) in [4.78, 5) is 0. The van der Waals surface area contributed by atoms with Gasteiger partial charge in [0.25, 0.3) is 0 Å². The molecule has 5 heteroatoms. The Morgan fingerprint density at radius 2 is 1.71 bits per heavy atom. The van der Waals surface area contributed by atoms with Crippen molar-refractivity contribution in [3.05, 3.63) is 58.1 Å². The maximum absolute atomic E-state index is 13.0. The van der Waals surface area contributed by atoms with Gasteiger partial charge in [-0.25, -0.2) is 8.78 Å². The molecule has 0 atom stereocenters. The maximum Gasteiger partial charge on any atom is 0.160 e. The number of anilines is 2. The highest BCUT2D eigenvalue weighted by molar-refractivity contribution is 6.43. The van der Waals surface area contributed by atoms with Gasteiger partial charge in [-0.05, 0) is 24.3 Å².